The number of nitrogens with zero attached hydrogens (tertiary/aromatic N) is 1. The smallest absolute Gasteiger partial charge is 0.263 e. The predicted molar refractivity (Wildman–Crippen MR) is 106 cm³/mol. The van der Waals surface area contributed by atoms with E-state index in [4.69, 9.17) is 23.7 Å². The molecular weight excluding hydrogens is 374 g/mol. The van der Waals surface area contributed by atoms with Crippen LogP contribution in [0, 0.1) is 0 Å². The molecule has 2 aliphatic heterocycles. The largest absolute Gasteiger partial charge is 0.497 e. The first-order valence-electron chi connectivity index (χ1n) is 9.69. The fraction of sp³-hybridized carbons (Fsp3) is 0.409. The van der Waals surface area contributed by atoms with Gasteiger partial charge in [-0.2, -0.15) is 0 Å². The number of carbonyl (C=O) groups is 1. The van der Waals surface area contributed by atoms with Crippen LogP contribution in [0.5, 0.6) is 28.7 Å². The Bertz CT molecular complexity index is 899. The summed E-state index contributed by atoms with van der Waals surface area (Å²) in [6.45, 7) is 2.65. The third-order valence-corrected chi connectivity index (χ3v) is 5.34. The SMILES string of the molecule is COc1ccc(OC)c([C@@H]2CCCN2C(=O)[C@@H](C)Oc2ccc3c(c2)OCO3)c1. The molecule has 0 N–H and O–H groups in total. The minimum Gasteiger partial charge on any atom is -0.497 e. The van der Waals surface area contributed by atoms with E-state index in [9.17, 15) is 4.79 Å². The molecule has 2 atom stereocenters. The molecule has 2 aliphatic rings. The highest BCUT2D eigenvalue weighted by Gasteiger charge is 2.35. The van der Waals surface area contributed by atoms with Crippen LogP contribution in [0.1, 0.15) is 31.4 Å². The minimum absolute atomic E-state index is 0.0601. The van der Waals surface area contributed by atoms with Gasteiger partial charge in [0.2, 0.25) is 6.79 Å². The maximum Gasteiger partial charge on any atom is 0.263 e. The second-order valence-electron chi connectivity index (χ2n) is 7.07. The number of ether oxygens (including phenoxy) is 5. The maximum atomic E-state index is 13.2. The van der Waals surface area contributed by atoms with E-state index in [0.717, 1.165) is 29.9 Å². The fourth-order valence-corrected chi connectivity index (χ4v) is 3.89. The van der Waals surface area contributed by atoms with Crippen molar-refractivity contribution in [3.63, 3.8) is 0 Å². The van der Waals surface area contributed by atoms with Gasteiger partial charge >= 0.3 is 0 Å². The second kappa shape index (κ2) is 8.11. The summed E-state index contributed by atoms with van der Waals surface area (Å²) in [7, 11) is 3.27. The number of carbonyl (C=O) groups excluding carboxylic acids is 1. The van der Waals surface area contributed by atoms with Crippen LogP contribution in [0.3, 0.4) is 0 Å². The Hall–Kier alpha value is -3.09. The first-order chi connectivity index (χ1) is 14.1. The van der Waals surface area contributed by atoms with Crippen molar-refractivity contribution in [2.75, 3.05) is 27.6 Å². The summed E-state index contributed by atoms with van der Waals surface area (Å²) >= 11 is 0. The van der Waals surface area contributed by atoms with Gasteiger partial charge in [0, 0.05) is 18.2 Å². The van der Waals surface area contributed by atoms with E-state index in [1.807, 2.05) is 23.1 Å². The van der Waals surface area contributed by atoms with Gasteiger partial charge in [-0.25, -0.2) is 0 Å². The molecule has 1 amide bonds. The highest BCUT2D eigenvalue weighted by molar-refractivity contribution is 5.82. The van der Waals surface area contributed by atoms with Crippen LogP contribution in [0.4, 0.5) is 0 Å². The molecule has 4 rings (SSSR count). The van der Waals surface area contributed by atoms with Gasteiger partial charge in [0.15, 0.2) is 17.6 Å². The molecule has 0 aromatic heterocycles. The topological polar surface area (TPSA) is 66.5 Å². The van der Waals surface area contributed by atoms with E-state index >= 15 is 0 Å². The van der Waals surface area contributed by atoms with Crippen molar-refractivity contribution in [2.24, 2.45) is 0 Å². The normalized spacial score (nSPS) is 18.4. The van der Waals surface area contributed by atoms with Crippen molar-refractivity contribution in [1.82, 2.24) is 4.90 Å². The Morgan fingerprint density at radius 3 is 2.66 bits per heavy atom. The molecule has 0 spiro atoms. The van der Waals surface area contributed by atoms with Gasteiger partial charge < -0.3 is 28.6 Å². The maximum absolute atomic E-state index is 13.2. The zero-order chi connectivity index (χ0) is 20.4. The molecule has 0 unspecified atom stereocenters. The predicted octanol–water partition coefficient (Wildman–Crippen LogP) is 3.56. The van der Waals surface area contributed by atoms with Crippen LogP contribution >= 0.6 is 0 Å². The average molecular weight is 399 g/mol. The minimum atomic E-state index is -0.632. The lowest BCUT2D eigenvalue weighted by Gasteiger charge is -2.29. The summed E-state index contributed by atoms with van der Waals surface area (Å²) < 4.78 is 27.5. The van der Waals surface area contributed by atoms with Crippen LogP contribution in [0.25, 0.3) is 0 Å². The van der Waals surface area contributed by atoms with Gasteiger partial charge in [0.05, 0.1) is 20.3 Å². The Morgan fingerprint density at radius 1 is 1.07 bits per heavy atom. The zero-order valence-electron chi connectivity index (χ0n) is 16.8. The molecule has 1 saturated heterocycles. The van der Waals surface area contributed by atoms with E-state index in [2.05, 4.69) is 0 Å². The van der Waals surface area contributed by atoms with Gasteiger partial charge in [-0.15, -0.1) is 0 Å². The van der Waals surface area contributed by atoms with Crippen LogP contribution in [0.15, 0.2) is 36.4 Å². The molecule has 2 aromatic carbocycles. The fourth-order valence-electron chi connectivity index (χ4n) is 3.89. The second-order valence-corrected chi connectivity index (χ2v) is 7.07. The van der Waals surface area contributed by atoms with Crippen molar-refractivity contribution < 1.29 is 28.5 Å². The number of methoxy groups -OCH3 is 2. The summed E-state index contributed by atoms with van der Waals surface area (Å²) in [5, 5.41) is 0. The standard InChI is InChI=1S/C22H25NO6/c1-14(29-16-7-9-20-21(12-16)28-13-27-20)22(24)23-10-4-5-18(23)17-11-15(25-2)6-8-19(17)26-3/h6-9,11-12,14,18H,4-5,10,13H2,1-3H3/t14-,18+/m1/s1. The van der Waals surface area contributed by atoms with Crippen molar-refractivity contribution in [3.8, 4) is 28.7 Å². The summed E-state index contributed by atoms with van der Waals surface area (Å²) in [5.74, 6) is 3.31. The highest BCUT2D eigenvalue weighted by Crippen LogP contribution is 2.40. The summed E-state index contributed by atoms with van der Waals surface area (Å²) in [6, 6.07) is 10.9. The summed E-state index contributed by atoms with van der Waals surface area (Å²) in [4.78, 5) is 15.1. The molecule has 7 nitrogen and oxygen atoms in total. The lowest BCUT2D eigenvalue weighted by atomic mass is 10.0. The molecular formula is C22H25NO6. The van der Waals surface area contributed by atoms with Crippen LogP contribution in [-0.4, -0.2) is 44.5 Å². The molecule has 2 aromatic rings. The number of amides is 1. The number of hydrogen-bond donors (Lipinski definition) is 0. The Kier molecular flexibility index (Phi) is 5.38. The van der Waals surface area contributed by atoms with Gasteiger partial charge in [-0.1, -0.05) is 0 Å². The number of hydrogen-bond acceptors (Lipinski definition) is 6. The van der Waals surface area contributed by atoms with E-state index in [-0.39, 0.29) is 18.7 Å². The van der Waals surface area contributed by atoms with E-state index in [0.29, 0.717) is 23.8 Å². The van der Waals surface area contributed by atoms with Crippen LogP contribution in [0.2, 0.25) is 0 Å². The number of likely N-dealkylation sites (tertiary alicyclic amines) is 1. The average Bonchev–Trinajstić information content (AvgIpc) is 3.41. The van der Waals surface area contributed by atoms with Crippen molar-refractivity contribution >= 4 is 5.91 Å². The molecule has 154 valence electrons. The Labute approximate surface area is 170 Å². The molecule has 29 heavy (non-hydrogen) atoms. The number of fused-ring (bicyclic) bond motifs is 1. The zero-order valence-corrected chi connectivity index (χ0v) is 16.8. The monoisotopic (exact) mass is 399 g/mol. The third-order valence-electron chi connectivity index (χ3n) is 5.34. The van der Waals surface area contributed by atoms with E-state index in [1.165, 1.54) is 0 Å². The molecule has 0 radical (unpaired) electrons. The summed E-state index contributed by atoms with van der Waals surface area (Å²) in [5.41, 5.74) is 0.952. The van der Waals surface area contributed by atoms with Gasteiger partial charge in [0.25, 0.3) is 5.91 Å². The van der Waals surface area contributed by atoms with Gasteiger partial charge in [-0.05, 0) is 50.1 Å². The van der Waals surface area contributed by atoms with E-state index < -0.39 is 6.10 Å². The lowest BCUT2D eigenvalue weighted by molar-refractivity contribution is -0.139. The molecule has 1 fully saturated rings. The third kappa shape index (κ3) is 3.77. The van der Waals surface area contributed by atoms with Gasteiger partial charge in [0.1, 0.15) is 17.2 Å². The highest BCUT2D eigenvalue weighted by atomic mass is 16.7. The molecule has 0 aliphatic carbocycles. The Morgan fingerprint density at radius 2 is 1.86 bits per heavy atom. The van der Waals surface area contributed by atoms with E-state index in [1.54, 1.807) is 39.3 Å². The Balaban J connectivity index is 1.52. The molecule has 2 heterocycles. The first-order valence-corrected chi connectivity index (χ1v) is 9.69. The van der Waals surface area contributed by atoms with Crippen LogP contribution < -0.4 is 23.7 Å². The van der Waals surface area contributed by atoms with Crippen LogP contribution in [-0.2, 0) is 4.79 Å². The first kappa shape index (κ1) is 19.2. The van der Waals surface area contributed by atoms with Crippen molar-refractivity contribution in [1.29, 1.82) is 0 Å². The lowest BCUT2D eigenvalue weighted by Crippen LogP contribution is -2.40. The quantitative estimate of drug-likeness (QED) is 0.740. The van der Waals surface area contributed by atoms with Gasteiger partial charge in [-0.3, -0.25) is 4.79 Å². The molecule has 0 saturated carbocycles. The van der Waals surface area contributed by atoms with Crippen molar-refractivity contribution in [2.45, 2.75) is 31.9 Å². The number of rotatable bonds is 6. The number of benzene rings is 2. The molecule has 7 heteroatoms. The summed E-state index contributed by atoms with van der Waals surface area (Å²) in [6.07, 6.45) is 1.16. The van der Waals surface area contributed by atoms with Crippen molar-refractivity contribution in [3.05, 3.63) is 42.0 Å². The molecule has 0 bridgehead atoms.